The summed E-state index contributed by atoms with van der Waals surface area (Å²) in [6.45, 7) is 2.87. The van der Waals surface area contributed by atoms with Gasteiger partial charge in [0.05, 0.1) is 12.2 Å². The van der Waals surface area contributed by atoms with Crippen LogP contribution in [0.25, 0.3) is 11.1 Å². The lowest BCUT2D eigenvalue weighted by molar-refractivity contribution is 0.0735. The molecule has 3 aromatic rings. The lowest BCUT2D eigenvalue weighted by Gasteiger charge is -2.08. The minimum atomic E-state index is -0.500. The van der Waals surface area contributed by atoms with Gasteiger partial charge in [-0.05, 0) is 60.0 Å². The first-order chi connectivity index (χ1) is 13.5. The Morgan fingerprint density at radius 3 is 1.89 bits per heavy atom. The molecule has 0 aromatic heterocycles. The van der Waals surface area contributed by atoms with Gasteiger partial charge in [0.1, 0.15) is 11.5 Å². The fourth-order valence-electron chi connectivity index (χ4n) is 2.75. The highest BCUT2D eigenvalue weighted by Crippen LogP contribution is 2.25. The van der Waals surface area contributed by atoms with Crippen LogP contribution in [0.1, 0.15) is 30.1 Å². The third-order valence-electron chi connectivity index (χ3n) is 4.23. The zero-order chi connectivity index (χ0) is 19.9. The molecule has 0 heterocycles. The highest BCUT2D eigenvalue weighted by atomic mass is 16.5. The molecule has 4 N–H and O–H groups in total. The van der Waals surface area contributed by atoms with Gasteiger partial charge in [0.15, 0.2) is 0 Å². The van der Waals surface area contributed by atoms with Crippen LogP contribution in [0.4, 0.5) is 11.4 Å². The van der Waals surface area contributed by atoms with Crippen molar-refractivity contribution < 1.29 is 14.3 Å². The van der Waals surface area contributed by atoms with Gasteiger partial charge in [-0.1, -0.05) is 37.6 Å². The van der Waals surface area contributed by atoms with E-state index in [1.807, 2.05) is 36.4 Å². The van der Waals surface area contributed by atoms with Crippen molar-refractivity contribution in [2.45, 2.75) is 19.8 Å². The summed E-state index contributed by atoms with van der Waals surface area (Å²) in [4.78, 5) is 12.3. The molecule has 5 heteroatoms. The minimum absolute atomic E-state index is 0.320. The average Bonchev–Trinajstić information content (AvgIpc) is 2.69. The highest BCUT2D eigenvalue weighted by Gasteiger charge is 2.10. The average molecular weight is 376 g/mol. The molecule has 28 heavy (non-hydrogen) atoms. The van der Waals surface area contributed by atoms with Crippen LogP contribution in [-0.2, 0) is 0 Å². The number of nitrogens with two attached hydrogens (primary N) is 2. The van der Waals surface area contributed by atoms with E-state index in [0.29, 0.717) is 22.7 Å². The number of benzene rings is 3. The number of unbranched alkanes of at least 4 members (excludes halogenated alkanes) is 1. The monoisotopic (exact) mass is 376 g/mol. The molecule has 0 aliphatic carbocycles. The maximum atomic E-state index is 12.3. The standard InChI is InChI=1S/C23H24N2O3/c1-2-3-12-27-21-8-4-16(5-9-21)17-6-10-22(11-7-17)28-23(26)18-13-19(24)15-20(25)14-18/h4-11,13-15H,2-3,12,24-25H2,1H3. The summed E-state index contributed by atoms with van der Waals surface area (Å²) in [7, 11) is 0. The van der Waals surface area contributed by atoms with E-state index in [0.717, 1.165) is 36.3 Å². The van der Waals surface area contributed by atoms with E-state index in [9.17, 15) is 4.79 Å². The number of hydrogen-bond donors (Lipinski definition) is 2. The number of carbonyl (C=O) groups excluding carboxylic acids is 1. The normalized spacial score (nSPS) is 10.5. The van der Waals surface area contributed by atoms with E-state index in [2.05, 4.69) is 6.92 Å². The quantitative estimate of drug-likeness (QED) is 0.265. The van der Waals surface area contributed by atoms with Crippen LogP contribution in [0.5, 0.6) is 11.5 Å². The van der Waals surface area contributed by atoms with Gasteiger partial charge in [-0.2, -0.15) is 0 Å². The molecule has 3 rings (SSSR count). The topological polar surface area (TPSA) is 87.6 Å². The number of esters is 1. The van der Waals surface area contributed by atoms with Crippen LogP contribution in [0.15, 0.2) is 66.7 Å². The molecule has 0 saturated heterocycles. The van der Waals surface area contributed by atoms with Crippen molar-refractivity contribution in [1.82, 2.24) is 0 Å². The largest absolute Gasteiger partial charge is 0.494 e. The SMILES string of the molecule is CCCCOc1ccc(-c2ccc(OC(=O)c3cc(N)cc(N)c3)cc2)cc1. The van der Waals surface area contributed by atoms with Crippen molar-refractivity contribution in [3.63, 3.8) is 0 Å². The Labute approximate surface area is 164 Å². The number of anilines is 2. The number of carbonyl (C=O) groups is 1. The van der Waals surface area contributed by atoms with E-state index in [4.69, 9.17) is 20.9 Å². The first-order valence-corrected chi connectivity index (χ1v) is 9.26. The number of ether oxygens (including phenoxy) is 2. The van der Waals surface area contributed by atoms with Gasteiger partial charge in [0, 0.05) is 11.4 Å². The van der Waals surface area contributed by atoms with Crippen molar-refractivity contribution >= 4 is 17.3 Å². The molecular formula is C23H24N2O3. The van der Waals surface area contributed by atoms with Crippen molar-refractivity contribution in [3.8, 4) is 22.6 Å². The van der Waals surface area contributed by atoms with Crippen molar-refractivity contribution in [2.24, 2.45) is 0 Å². The van der Waals surface area contributed by atoms with E-state index in [1.54, 1.807) is 18.2 Å². The highest BCUT2D eigenvalue weighted by molar-refractivity contribution is 5.93. The summed E-state index contributed by atoms with van der Waals surface area (Å²) in [6, 6.07) is 19.9. The van der Waals surface area contributed by atoms with Gasteiger partial charge in [-0.15, -0.1) is 0 Å². The second kappa shape index (κ2) is 8.95. The summed E-state index contributed by atoms with van der Waals surface area (Å²) in [6.07, 6.45) is 2.16. The molecular weight excluding hydrogens is 352 g/mol. The van der Waals surface area contributed by atoms with Gasteiger partial charge in [0.25, 0.3) is 0 Å². The van der Waals surface area contributed by atoms with Crippen molar-refractivity contribution in [3.05, 3.63) is 72.3 Å². The summed E-state index contributed by atoms with van der Waals surface area (Å²) in [5.41, 5.74) is 14.7. The maximum absolute atomic E-state index is 12.3. The van der Waals surface area contributed by atoms with Crippen LogP contribution in [0, 0.1) is 0 Å². The number of hydrogen-bond acceptors (Lipinski definition) is 5. The Kier molecular flexibility index (Phi) is 6.17. The second-order valence-electron chi connectivity index (χ2n) is 6.53. The molecule has 5 nitrogen and oxygen atoms in total. The van der Waals surface area contributed by atoms with Crippen molar-refractivity contribution in [2.75, 3.05) is 18.1 Å². The molecule has 0 amide bonds. The Bertz CT molecular complexity index is 915. The van der Waals surface area contributed by atoms with Crippen LogP contribution >= 0.6 is 0 Å². The Balaban J connectivity index is 1.65. The molecule has 144 valence electrons. The molecule has 0 spiro atoms. The van der Waals surface area contributed by atoms with Crippen LogP contribution in [0.3, 0.4) is 0 Å². The predicted octanol–water partition coefficient (Wildman–Crippen LogP) is 4.92. The van der Waals surface area contributed by atoms with E-state index < -0.39 is 5.97 Å². The molecule has 0 fully saturated rings. The summed E-state index contributed by atoms with van der Waals surface area (Å²) in [5, 5.41) is 0. The van der Waals surface area contributed by atoms with Crippen LogP contribution in [0.2, 0.25) is 0 Å². The zero-order valence-corrected chi connectivity index (χ0v) is 15.9. The fraction of sp³-hybridized carbons (Fsp3) is 0.174. The maximum Gasteiger partial charge on any atom is 0.343 e. The second-order valence-corrected chi connectivity index (χ2v) is 6.53. The Morgan fingerprint density at radius 2 is 1.36 bits per heavy atom. The third-order valence-corrected chi connectivity index (χ3v) is 4.23. The summed E-state index contributed by atoms with van der Waals surface area (Å²) < 4.78 is 11.1. The summed E-state index contributed by atoms with van der Waals surface area (Å²) in [5.74, 6) is 0.818. The zero-order valence-electron chi connectivity index (χ0n) is 15.9. The molecule has 0 radical (unpaired) electrons. The van der Waals surface area contributed by atoms with Gasteiger partial charge < -0.3 is 20.9 Å². The Hall–Kier alpha value is -3.47. The lowest BCUT2D eigenvalue weighted by atomic mass is 10.1. The van der Waals surface area contributed by atoms with Crippen LogP contribution < -0.4 is 20.9 Å². The molecule has 0 aliphatic rings. The van der Waals surface area contributed by atoms with E-state index >= 15 is 0 Å². The van der Waals surface area contributed by atoms with E-state index in [1.165, 1.54) is 12.1 Å². The number of rotatable bonds is 7. The Morgan fingerprint density at radius 1 is 0.821 bits per heavy atom. The van der Waals surface area contributed by atoms with Gasteiger partial charge in [-0.3, -0.25) is 0 Å². The summed E-state index contributed by atoms with van der Waals surface area (Å²) >= 11 is 0. The predicted molar refractivity (Wildman–Crippen MR) is 113 cm³/mol. The molecule has 0 unspecified atom stereocenters. The molecule has 0 saturated carbocycles. The van der Waals surface area contributed by atoms with Gasteiger partial charge in [0.2, 0.25) is 0 Å². The van der Waals surface area contributed by atoms with Gasteiger partial charge >= 0.3 is 5.97 Å². The third kappa shape index (κ3) is 5.04. The fourth-order valence-corrected chi connectivity index (χ4v) is 2.75. The minimum Gasteiger partial charge on any atom is -0.494 e. The first-order valence-electron chi connectivity index (χ1n) is 9.26. The lowest BCUT2D eigenvalue weighted by Crippen LogP contribution is -2.09. The smallest absolute Gasteiger partial charge is 0.343 e. The molecule has 0 bridgehead atoms. The molecule has 0 aliphatic heterocycles. The van der Waals surface area contributed by atoms with Crippen molar-refractivity contribution in [1.29, 1.82) is 0 Å². The molecule has 3 aromatic carbocycles. The van der Waals surface area contributed by atoms with E-state index in [-0.39, 0.29) is 0 Å². The van der Waals surface area contributed by atoms with Crippen LogP contribution in [-0.4, -0.2) is 12.6 Å². The first kappa shape index (κ1) is 19.3. The number of nitrogen functional groups attached to an aromatic ring is 2. The van der Waals surface area contributed by atoms with Gasteiger partial charge in [-0.25, -0.2) is 4.79 Å². The molecule has 0 atom stereocenters.